The Morgan fingerprint density at radius 1 is 1.36 bits per heavy atom. The smallest absolute Gasteiger partial charge is 0.220 e. The summed E-state index contributed by atoms with van der Waals surface area (Å²) in [4.78, 5) is 7.82. The number of rotatable bonds is 6. The minimum Gasteiger partial charge on any atom is -0.481 e. The molecule has 0 fully saturated rings. The third kappa shape index (κ3) is 3.57. The maximum atomic E-state index is 5.36. The van der Waals surface area contributed by atoms with E-state index in [4.69, 9.17) is 9.47 Å². The summed E-state index contributed by atoms with van der Waals surface area (Å²) in [6.07, 6.45) is 1.42. The summed E-state index contributed by atoms with van der Waals surface area (Å²) in [6, 6.07) is 1.66. The van der Waals surface area contributed by atoms with Gasteiger partial charge in [-0.3, -0.25) is 0 Å². The number of likely N-dealkylation sites (N-methyl/N-ethyl adjacent to an activating group) is 1. The van der Waals surface area contributed by atoms with Crippen LogP contribution in [0, 0.1) is 0 Å². The van der Waals surface area contributed by atoms with E-state index >= 15 is 0 Å². The summed E-state index contributed by atoms with van der Waals surface area (Å²) < 4.78 is 10.3. The second-order valence-corrected chi connectivity index (χ2v) is 2.60. The van der Waals surface area contributed by atoms with Crippen molar-refractivity contribution in [3.8, 4) is 11.8 Å². The van der Waals surface area contributed by atoms with E-state index in [1.807, 2.05) is 6.92 Å². The van der Waals surface area contributed by atoms with Gasteiger partial charge in [-0.05, 0) is 6.54 Å². The van der Waals surface area contributed by atoms with Crippen LogP contribution in [0.4, 0.5) is 0 Å². The molecular formula is C9H15N3O2. The predicted octanol–water partition coefficient (Wildman–Crippen LogP) is 0.473. The topological polar surface area (TPSA) is 56.3 Å². The van der Waals surface area contributed by atoms with E-state index in [0.29, 0.717) is 18.4 Å². The second kappa shape index (κ2) is 6.15. The molecule has 0 atom stereocenters. The molecule has 5 heteroatoms. The van der Waals surface area contributed by atoms with Crippen LogP contribution in [0.15, 0.2) is 12.4 Å². The molecular weight excluding hydrogens is 182 g/mol. The third-order valence-corrected chi connectivity index (χ3v) is 1.60. The van der Waals surface area contributed by atoms with Crippen molar-refractivity contribution in [1.29, 1.82) is 0 Å². The number of hydrogen-bond donors (Lipinski definition) is 1. The fourth-order valence-corrected chi connectivity index (χ4v) is 0.918. The molecule has 1 heterocycles. The van der Waals surface area contributed by atoms with Gasteiger partial charge >= 0.3 is 0 Å². The Kier molecular flexibility index (Phi) is 4.71. The number of nitrogens with zero attached hydrogens (tertiary/aromatic N) is 2. The molecule has 0 spiro atoms. The zero-order valence-corrected chi connectivity index (χ0v) is 8.49. The minimum atomic E-state index is 0.512. The molecule has 1 aromatic heterocycles. The van der Waals surface area contributed by atoms with Gasteiger partial charge in [-0.1, -0.05) is 6.92 Å². The van der Waals surface area contributed by atoms with Crippen LogP contribution >= 0.6 is 0 Å². The van der Waals surface area contributed by atoms with E-state index in [1.54, 1.807) is 13.2 Å². The average Bonchev–Trinajstić information content (AvgIpc) is 2.25. The zero-order chi connectivity index (χ0) is 10.2. The summed E-state index contributed by atoms with van der Waals surface area (Å²) in [5.74, 6) is 1.05. The Morgan fingerprint density at radius 2 is 2.14 bits per heavy atom. The molecule has 0 aliphatic heterocycles. The molecule has 0 saturated carbocycles. The number of nitrogens with one attached hydrogen (secondary N) is 1. The highest BCUT2D eigenvalue weighted by Crippen LogP contribution is 2.11. The van der Waals surface area contributed by atoms with Crippen molar-refractivity contribution in [1.82, 2.24) is 15.3 Å². The van der Waals surface area contributed by atoms with Crippen LogP contribution in [-0.4, -0.2) is 36.8 Å². The molecule has 0 aliphatic carbocycles. The lowest BCUT2D eigenvalue weighted by Crippen LogP contribution is -2.20. The first kappa shape index (κ1) is 10.7. The van der Waals surface area contributed by atoms with Gasteiger partial charge in [-0.2, -0.15) is 0 Å². The molecule has 0 radical (unpaired) electrons. The van der Waals surface area contributed by atoms with Crippen molar-refractivity contribution < 1.29 is 9.47 Å². The largest absolute Gasteiger partial charge is 0.481 e. The van der Waals surface area contributed by atoms with Crippen LogP contribution < -0.4 is 14.8 Å². The summed E-state index contributed by atoms with van der Waals surface area (Å²) in [7, 11) is 1.56. The van der Waals surface area contributed by atoms with Gasteiger partial charge in [0.1, 0.15) is 12.9 Å². The van der Waals surface area contributed by atoms with Gasteiger partial charge in [0.15, 0.2) is 0 Å². The number of methoxy groups -OCH3 is 1. The summed E-state index contributed by atoms with van der Waals surface area (Å²) in [5.41, 5.74) is 0. The van der Waals surface area contributed by atoms with Gasteiger partial charge < -0.3 is 14.8 Å². The van der Waals surface area contributed by atoms with Crippen molar-refractivity contribution >= 4 is 0 Å². The Bertz CT molecular complexity index is 268. The maximum absolute atomic E-state index is 5.36. The number of aromatic nitrogens is 2. The molecule has 0 aliphatic rings. The minimum absolute atomic E-state index is 0.512. The quantitative estimate of drug-likeness (QED) is 0.672. The van der Waals surface area contributed by atoms with E-state index in [9.17, 15) is 0 Å². The zero-order valence-electron chi connectivity index (χ0n) is 8.49. The molecule has 0 saturated heterocycles. The lowest BCUT2D eigenvalue weighted by Gasteiger charge is -2.05. The fraction of sp³-hybridized carbons (Fsp3) is 0.556. The summed E-state index contributed by atoms with van der Waals surface area (Å²) in [5, 5.41) is 3.15. The van der Waals surface area contributed by atoms with Gasteiger partial charge in [-0.15, -0.1) is 0 Å². The number of ether oxygens (including phenoxy) is 2. The van der Waals surface area contributed by atoms with Crippen molar-refractivity contribution in [3.63, 3.8) is 0 Å². The lowest BCUT2D eigenvalue weighted by molar-refractivity contribution is 0.299. The van der Waals surface area contributed by atoms with Crippen LogP contribution in [0.1, 0.15) is 6.92 Å². The first-order chi connectivity index (χ1) is 6.86. The summed E-state index contributed by atoms with van der Waals surface area (Å²) >= 11 is 0. The third-order valence-electron chi connectivity index (χ3n) is 1.60. The van der Waals surface area contributed by atoms with E-state index in [0.717, 1.165) is 13.1 Å². The Morgan fingerprint density at radius 3 is 2.86 bits per heavy atom. The van der Waals surface area contributed by atoms with Crippen molar-refractivity contribution in [3.05, 3.63) is 12.4 Å². The number of hydrogen-bond acceptors (Lipinski definition) is 5. The second-order valence-electron chi connectivity index (χ2n) is 2.60. The van der Waals surface area contributed by atoms with E-state index in [-0.39, 0.29) is 0 Å². The maximum Gasteiger partial charge on any atom is 0.220 e. The Labute approximate surface area is 83.5 Å². The van der Waals surface area contributed by atoms with Crippen LogP contribution in [0.25, 0.3) is 0 Å². The molecule has 0 aromatic carbocycles. The molecule has 0 amide bonds. The van der Waals surface area contributed by atoms with Crippen molar-refractivity contribution in [2.24, 2.45) is 0 Å². The molecule has 0 bridgehead atoms. The molecule has 5 nitrogen and oxygen atoms in total. The highest BCUT2D eigenvalue weighted by atomic mass is 16.5. The highest BCUT2D eigenvalue weighted by molar-refractivity contribution is 5.17. The summed E-state index contributed by atoms with van der Waals surface area (Å²) in [6.45, 7) is 4.39. The van der Waals surface area contributed by atoms with Crippen LogP contribution in [0.3, 0.4) is 0 Å². The van der Waals surface area contributed by atoms with Crippen LogP contribution in [-0.2, 0) is 0 Å². The highest BCUT2D eigenvalue weighted by Gasteiger charge is 1.98. The Balaban J connectivity index is 2.34. The Hall–Kier alpha value is -1.36. The monoisotopic (exact) mass is 197 g/mol. The predicted molar refractivity (Wildman–Crippen MR) is 52.6 cm³/mol. The van der Waals surface area contributed by atoms with Crippen molar-refractivity contribution in [2.75, 3.05) is 26.8 Å². The van der Waals surface area contributed by atoms with Gasteiger partial charge in [0, 0.05) is 6.54 Å². The van der Waals surface area contributed by atoms with E-state index in [1.165, 1.54) is 6.33 Å². The normalized spacial score (nSPS) is 9.86. The molecule has 14 heavy (non-hydrogen) atoms. The van der Waals surface area contributed by atoms with Gasteiger partial charge in [0.25, 0.3) is 0 Å². The molecule has 1 rings (SSSR count). The van der Waals surface area contributed by atoms with E-state index in [2.05, 4.69) is 15.3 Å². The SMILES string of the molecule is CCNCCOc1cc(OC)ncn1. The van der Waals surface area contributed by atoms with Gasteiger partial charge in [0.2, 0.25) is 11.8 Å². The molecule has 0 unspecified atom stereocenters. The molecule has 1 aromatic rings. The average molecular weight is 197 g/mol. The first-order valence-electron chi connectivity index (χ1n) is 4.56. The standard InChI is InChI=1S/C9H15N3O2/c1-3-10-4-5-14-9-6-8(13-2)11-7-12-9/h6-7,10H,3-5H2,1-2H3. The van der Waals surface area contributed by atoms with Crippen LogP contribution in [0.5, 0.6) is 11.8 Å². The molecule has 1 N–H and O–H groups in total. The van der Waals surface area contributed by atoms with Crippen LogP contribution in [0.2, 0.25) is 0 Å². The lowest BCUT2D eigenvalue weighted by atomic mass is 10.6. The fourth-order valence-electron chi connectivity index (χ4n) is 0.918. The first-order valence-corrected chi connectivity index (χ1v) is 4.56. The van der Waals surface area contributed by atoms with E-state index < -0.39 is 0 Å². The van der Waals surface area contributed by atoms with Gasteiger partial charge in [-0.25, -0.2) is 9.97 Å². The van der Waals surface area contributed by atoms with Crippen molar-refractivity contribution in [2.45, 2.75) is 6.92 Å². The van der Waals surface area contributed by atoms with Gasteiger partial charge in [0.05, 0.1) is 13.2 Å². The molecule has 78 valence electrons.